The van der Waals surface area contributed by atoms with Crippen molar-refractivity contribution in [2.75, 3.05) is 25.0 Å². The van der Waals surface area contributed by atoms with Gasteiger partial charge in [0.2, 0.25) is 0 Å². The first-order valence-electron chi connectivity index (χ1n) is 6.74. The maximum absolute atomic E-state index is 12.9. The van der Waals surface area contributed by atoms with Crippen molar-refractivity contribution in [2.24, 2.45) is 0 Å². The molecule has 1 heterocycles. The van der Waals surface area contributed by atoms with Gasteiger partial charge in [-0.15, -0.1) is 0 Å². The third kappa shape index (κ3) is 5.92. The van der Waals surface area contributed by atoms with Crippen molar-refractivity contribution in [3.8, 4) is 5.75 Å². The molecular formula is C15H14Cl2FN3O2. The second-order valence-electron chi connectivity index (χ2n) is 4.51. The lowest BCUT2D eigenvalue weighted by Crippen LogP contribution is -2.32. The predicted octanol–water partition coefficient (Wildman–Crippen LogP) is 3.13. The molecule has 5 nitrogen and oxygen atoms in total. The van der Waals surface area contributed by atoms with Gasteiger partial charge in [-0.2, -0.15) is 0 Å². The molecule has 1 aromatic carbocycles. The van der Waals surface area contributed by atoms with Crippen LogP contribution in [0, 0.1) is 5.82 Å². The number of rotatable bonds is 7. The van der Waals surface area contributed by atoms with Crippen molar-refractivity contribution >= 4 is 34.9 Å². The molecule has 0 aliphatic heterocycles. The zero-order valence-electron chi connectivity index (χ0n) is 12.0. The van der Waals surface area contributed by atoms with Crippen LogP contribution in [0.2, 0.25) is 10.0 Å². The number of carbonyl (C=O) groups is 1. The number of anilines is 1. The molecule has 0 bridgehead atoms. The van der Waals surface area contributed by atoms with Crippen molar-refractivity contribution in [1.29, 1.82) is 0 Å². The van der Waals surface area contributed by atoms with E-state index < -0.39 is 5.82 Å². The van der Waals surface area contributed by atoms with Crippen LogP contribution in [0.4, 0.5) is 10.2 Å². The smallest absolute Gasteiger partial charge is 0.258 e. The van der Waals surface area contributed by atoms with E-state index in [1.807, 2.05) is 0 Å². The molecule has 0 spiro atoms. The SMILES string of the molecule is O=C(COc1cccc(F)c1)NCCNc1ncc(Cl)cc1Cl. The highest BCUT2D eigenvalue weighted by atomic mass is 35.5. The van der Waals surface area contributed by atoms with E-state index in [2.05, 4.69) is 15.6 Å². The summed E-state index contributed by atoms with van der Waals surface area (Å²) in [4.78, 5) is 15.6. The number of carbonyl (C=O) groups excluding carboxylic acids is 1. The largest absolute Gasteiger partial charge is 0.484 e. The lowest BCUT2D eigenvalue weighted by Gasteiger charge is -2.09. The molecule has 2 rings (SSSR count). The van der Waals surface area contributed by atoms with Gasteiger partial charge in [0.25, 0.3) is 5.91 Å². The monoisotopic (exact) mass is 357 g/mol. The number of pyridine rings is 1. The van der Waals surface area contributed by atoms with Gasteiger partial charge in [-0.25, -0.2) is 9.37 Å². The average Bonchev–Trinajstić information content (AvgIpc) is 2.51. The van der Waals surface area contributed by atoms with Crippen LogP contribution in [-0.2, 0) is 4.79 Å². The first kappa shape index (κ1) is 17.3. The highest BCUT2D eigenvalue weighted by molar-refractivity contribution is 6.35. The number of nitrogens with zero attached hydrogens (tertiary/aromatic N) is 1. The van der Waals surface area contributed by atoms with Crippen LogP contribution in [-0.4, -0.2) is 30.6 Å². The first-order valence-corrected chi connectivity index (χ1v) is 7.50. The molecule has 8 heteroatoms. The van der Waals surface area contributed by atoms with Crippen LogP contribution in [0.3, 0.4) is 0 Å². The lowest BCUT2D eigenvalue weighted by molar-refractivity contribution is -0.123. The molecule has 0 fully saturated rings. The van der Waals surface area contributed by atoms with Crippen LogP contribution < -0.4 is 15.4 Å². The zero-order valence-corrected chi connectivity index (χ0v) is 13.5. The molecule has 0 saturated carbocycles. The molecule has 0 radical (unpaired) electrons. The number of hydrogen-bond donors (Lipinski definition) is 2. The number of amides is 1. The number of nitrogens with one attached hydrogen (secondary N) is 2. The summed E-state index contributed by atoms with van der Waals surface area (Å²) in [6.45, 7) is 0.593. The fourth-order valence-corrected chi connectivity index (χ4v) is 2.13. The van der Waals surface area contributed by atoms with E-state index in [0.717, 1.165) is 0 Å². The van der Waals surface area contributed by atoms with Crippen molar-refractivity contribution in [1.82, 2.24) is 10.3 Å². The molecule has 0 unspecified atom stereocenters. The molecule has 122 valence electrons. The number of benzene rings is 1. The fraction of sp³-hybridized carbons (Fsp3) is 0.200. The van der Waals surface area contributed by atoms with Gasteiger partial charge >= 0.3 is 0 Å². The minimum absolute atomic E-state index is 0.191. The van der Waals surface area contributed by atoms with E-state index in [1.54, 1.807) is 12.1 Å². The molecule has 2 N–H and O–H groups in total. The summed E-state index contributed by atoms with van der Waals surface area (Å²) in [6.07, 6.45) is 1.47. The van der Waals surface area contributed by atoms with E-state index in [1.165, 1.54) is 24.4 Å². The van der Waals surface area contributed by atoms with Crippen molar-refractivity contribution in [3.05, 3.63) is 52.4 Å². The number of ether oxygens (including phenoxy) is 1. The Morgan fingerprint density at radius 3 is 2.83 bits per heavy atom. The third-order valence-corrected chi connectivity index (χ3v) is 3.21. The summed E-state index contributed by atoms with van der Waals surface area (Å²) in [5.41, 5.74) is 0. The van der Waals surface area contributed by atoms with E-state index in [9.17, 15) is 9.18 Å². The summed E-state index contributed by atoms with van der Waals surface area (Å²) in [5, 5.41) is 6.47. The van der Waals surface area contributed by atoms with E-state index in [-0.39, 0.29) is 12.5 Å². The Hall–Kier alpha value is -2.05. The van der Waals surface area contributed by atoms with E-state index in [4.69, 9.17) is 27.9 Å². The Labute approximate surface area is 142 Å². The normalized spacial score (nSPS) is 10.2. The minimum Gasteiger partial charge on any atom is -0.484 e. The zero-order chi connectivity index (χ0) is 16.7. The summed E-state index contributed by atoms with van der Waals surface area (Å²) in [7, 11) is 0. The molecule has 0 aliphatic rings. The van der Waals surface area contributed by atoms with E-state index in [0.29, 0.717) is 34.7 Å². The Balaban J connectivity index is 1.66. The van der Waals surface area contributed by atoms with Gasteiger partial charge in [0, 0.05) is 25.4 Å². The molecular weight excluding hydrogens is 344 g/mol. The summed E-state index contributed by atoms with van der Waals surface area (Å²) in [6, 6.07) is 7.17. The molecule has 0 saturated heterocycles. The van der Waals surface area contributed by atoms with Crippen LogP contribution >= 0.6 is 23.2 Å². The van der Waals surface area contributed by atoms with Crippen LogP contribution in [0.25, 0.3) is 0 Å². The maximum Gasteiger partial charge on any atom is 0.258 e. The number of aromatic nitrogens is 1. The van der Waals surface area contributed by atoms with Gasteiger partial charge in [-0.3, -0.25) is 4.79 Å². The van der Waals surface area contributed by atoms with E-state index >= 15 is 0 Å². The number of halogens is 3. The van der Waals surface area contributed by atoms with Crippen LogP contribution in [0.5, 0.6) is 5.75 Å². The fourth-order valence-electron chi connectivity index (χ4n) is 1.68. The van der Waals surface area contributed by atoms with Gasteiger partial charge in [0.05, 0.1) is 10.0 Å². The average molecular weight is 358 g/mol. The highest BCUT2D eigenvalue weighted by Crippen LogP contribution is 2.21. The first-order chi connectivity index (χ1) is 11.0. The molecule has 2 aromatic rings. The standard InChI is InChI=1S/C15H14Cl2FN3O2/c16-10-6-13(17)15(21-8-10)20-5-4-19-14(22)9-23-12-3-1-2-11(18)7-12/h1-3,6-8H,4-5,9H2,(H,19,22)(H,20,21). The molecule has 1 amide bonds. The summed E-state index contributed by atoms with van der Waals surface area (Å²) < 4.78 is 18.1. The van der Waals surface area contributed by atoms with Gasteiger partial charge in [-0.05, 0) is 18.2 Å². The van der Waals surface area contributed by atoms with Crippen LogP contribution in [0.1, 0.15) is 0 Å². The van der Waals surface area contributed by atoms with Crippen molar-refractivity contribution < 1.29 is 13.9 Å². The predicted molar refractivity (Wildman–Crippen MR) is 87.7 cm³/mol. The Morgan fingerprint density at radius 1 is 1.26 bits per heavy atom. The van der Waals surface area contributed by atoms with Gasteiger partial charge in [-0.1, -0.05) is 29.3 Å². The third-order valence-electron chi connectivity index (χ3n) is 2.71. The Kier molecular flexibility index (Phi) is 6.43. The number of hydrogen-bond acceptors (Lipinski definition) is 4. The second kappa shape index (κ2) is 8.55. The van der Waals surface area contributed by atoms with Gasteiger partial charge < -0.3 is 15.4 Å². The lowest BCUT2D eigenvalue weighted by atomic mass is 10.3. The molecule has 0 atom stereocenters. The quantitative estimate of drug-likeness (QED) is 0.747. The summed E-state index contributed by atoms with van der Waals surface area (Å²) >= 11 is 11.7. The van der Waals surface area contributed by atoms with Crippen LogP contribution in [0.15, 0.2) is 36.5 Å². The second-order valence-corrected chi connectivity index (χ2v) is 5.35. The minimum atomic E-state index is -0.417. The van der Waals surface area contributed by atoms with Crippen molar-refractivity contribution in [2.45, 2.75) is 0 Å². The molecule has 23 heavy (non-hydrogen) atoms. The van der Waals surface area contributed by atoms with Gasteiger partial charge in [0.15, 0.2) is 6.61 Å². The Bertz CT molecular complexity index is 686. The summed E-state index contributed by atoms with van der Waals surface area (Å²) in [5.74, 6) is 0.0578. The van der Waals surface area contributed by atoms with Gasteiger partial charge in [0.1, 0.15) is 17.4 Å². The highest BCUT2D eigenvalue weighted by Gasteiger charge is 2.04. The topological polar surface area (TPSA) is 63.2 Å². The molecule has 0 aliphatic carbocycles. The Morgan fingerprint density at radius 2 is 2.09 bits per heavy atom. The van der Waals surface area contributed by atoms with Crippen molar-refractivity contribution in [3.63, 3.8) is 0 Å². The molecule has 1 aromatic heterocycles. The maximum atomic E-state index is 12.9.